The molecule has 2 aromatic carbocycles. The number of hydrogen-bond acceptors (Lipinski definition) is 4. The number of esters is 1. The Kier molecular flexibility index (Phi) is 7.82. The smallest absolute Gasteiger partial charge is 0.331 e. The van der Waals surface area contributed by atoms with Crippen LogP contribution in [0.15, 0.2) is 60.7 Å². The van der Waals surface area contributed by atoms with Crippen LogP contribution in [0.5, 0.6) is 0 Å². The zero-order chi connectivity index (χ0) is 20.5. The first kappa shape index (κ1) is 21.1. The van der Waals surface area contributed by atoms with Crippen LogP contribution in [-0.2, 0) is 16.1 Å². The van der Waals surface area contributed by atoms with Crippen molar-refractivity contribution in [3.05, 3.63) is 71.8 Å². The number of aliphatic hydroxyl groups excluding tert-OH is 1. The first-order chi connectivity index (χ1) is 14.1. The summed E-state index contributed by atoms with van der Waals surface area (Å²) in [5.41, 5.74) is 1.30. The zero-order valence-corrected chi connectivity index (χ0v) is 16.6. The average molecular weight is 395 g/mol. The molecule has 1 amide bonds. The highest BCUT2D eigenvalue weighted by Gasteiger charge is 2.35. The predicted molar refractivity (Wildman–Crippen MR) is 111 cm³/mol. The molecule has 0 spiro atoms. The van der Waals surface area contributed by atoms with Gasteiger partial charge in [-0.2, -0.15) is 0 Å². The summed E-state index contributed by atoms with van der Waals surface area (Å²) >= 11 is 0. The number of amides is 1. The Morgan fingerprint density at radius 1 is 0.931 bits per heavy atom. The fourth-order valence-electron chi connectivity index (χ4n) is 3.84. The fraction of sp³-hybridized carbons (Fsp3) is 0.417. The summed E-state index contributed by atoms with van der Waals surface area (Å²) in [6.07, 6.45) is 5.07. The summed E-state index contributed by atoms with van der Waals surface area (Å²) < 4.78 is 5.46. The lowest BCUT2D eigenvalue weighted by atomic mass is 9.89. The van der Waals surface area contributed by atoms with Crippen molar-refractivity contribution >= 4 is 11.9 Å². The van der Waals surface area contributed by atoms with Gasteiger partial charge in [-0.1, -0.05) is 74.2 Å². The van der Waals surface area contributed by atoms with Gasteiger partial charge in [0.1, 0.15) is 6.61 Å². The van der Waals surface area contributed by atoms with Gasteiger partial charge in [-0.05, 0) is 36.5 Å². The monoisotopic (exact) mass is 395 g/mol. The molecule has 5 heteroatoms. The molecule has 1 saturated carbocycles. The summed E-state index contributed by atoms with van der Waals surface area (Å²) in [4.78, 5) is 25.5. The Morgan fingerprint density at radius 3 is 2.14 bits per heavy atom. The molecule has 0 saturated heterocycles. The Hall–Kier alpha value is -2.66. The lowest BCUT2D eigenvalue weighted by molar-refractivity contribution is -0.151. The molecular weight excluding hydrogens is 366 g/mol. The molecule has 0 bridgehead atoms. The molecule has 0 heterocycles. The van der Waals surface area contributed by atoms with Gasteiger partial charge in [-0.3, -0.25) is 4.79 Å². The summed E-state index contributed by atoms with van der Waals surface area (Å²) in [7, 11) is 0. The Labute approximate surface area is 172 Å². The molecule has 29 heavy (non-hydrogen) atoms. The zero-order valence-electron chi connectivity index (χ0n) is 16.6. The highest BCUT2D eigenvalue weighted by atomic mass is 16.5. The molecular formula is C24H29NO4. The Balaban J connectivity index is 1.72. The van der Waals surface area contributed by atoms with E-state index in [1.807, 2.05) is 36.4 Å². The minimum absolute atomic E-state index is 0.0251. The van der Waals surface area contributed by atoms with Crippen LogP contribution in [0.3, 0.4) is 0 Å². The summed E-state index contributed by atoms with van der Waals surface area (Å²) in [5.74, 6) is -1.02. The lowest BCUT2D eigenvalue weighted by Gasteiger charge is -2.28. The van der Waals surface area contributed by atoms with Crippen molar-refractivity contribution in [3.63, 3.8) is 0 Å². The van der Waals surface area contributed by atoms with Gasteiger partial charge >= 0.3 is 5.97 Å². The molecule has 2 aromatic rings. The van der Waals surface area contributed by atoms with E-state index in [0.717, 1.165) is 44.1 Å². The number of nitrogens with one attached hydrogen (secondary N) is 1. The van der Waals surface area contributed by atoms with Crippen molar-refractivity contribution in [1.82, 2.24) is 5.32 Å². The van der Waals surface area contributed by atoms with E-state index in [1.165, 1.54) is 0 Å². The highest BCUT2D eigenvalue weighted by molar-refractivity contribution is 5.96. The van der Waals surface area contributed by atoms with Gasteiger partial charge in [0, 0.05) is 5.56 Å². The average Bonchev–Trinajstić information content (AvgIpc) is 3.06. The van der Waals surface area contributed by atoms with E-state index >= 15 is 0 Å². The summed E-state index contributed by atoms with van der Waals surface area (Å²) in [5, 5.41) is 13.7. The Bertz CT molecular complexity index is 770. The predicted octanol–water partition coefficient (Wildman–Crippen LogP) is 3.86. The van der Waals surface area contributed by atoms with Crippen LogP contribution in [-0.4, -0.2) is 29.1 Å². The van der Waals surface area contributed by atoms with Gasteiger partial charge in [0.15, 0.2) is 6.04 Å². The van der Waals surface area contributed by atoms with Crippen LogP contribution in [0.1, 0.15) is 54.4 Å². The second-order valence-corrected chi connectivity index (χ2v) is 7.65. The first-order valence-electron chi connectivity index (χ1n) is 10.4. The van der Waals surface area contributed by atoms with Crippen molar-refractivity contribution < 1.29 is 19.4 Å². The number of rotatable bonds is 7. The van der Waals surface area contributed by atoms with E-state index in [2.05, 4.69) is 5.32 Å². The minimum atomic E-state index is -1.09. The fourth-order valence-corrected chi connectivity index (χ4v) is 3.84. The molecule has 2 atom stereocenters. The third kappa shape index (κ3) is 6.16. The van der Waals surface area contributed by atoms with Crippen molar-refractivity contribution in [2.45, 2.75) is 57.3 Å². The number of benzene rings is 2. The lowest BCUT2D eigenvalue weighted by Crippen LogP contribution is -2.52. The van der Waals surface area contributed by atoms with E-state index in [-0.39, 0.29) is 18.4 Å². The molecule has 0 aromatic heterocycles. The standard InChI is InChI=1S/C24H29NO4/c26-22(19-13-7-1-2-8-14-19)21(25-23(27)20-15-9-4-10-16-20)24(28)29-17-18-11-5-3-6-12-18/h3-6,9-12,15-16,19,21-22,26H,1-2,7-8,13-14,17H2,(H,25,27)/t21-,22-/m0/s1. The van der Waals surface area contributed by atoms with Gasteiger partial charge in [-0.15, -0.1) is 0 Å². The Morgan fingerprint density at radius 2 is 1.52 bits per heavy atom. The van der Waals surface area contributed by atoms with Crippen LogP contribution in [0.25, 0.3) is 0 Å². The molecule has 1 fully saturated rings. The van der Waals surface area contributed by atoms with Crippen LogP contribution >= 0.6 is 0 Å². The topological polar surface area (TPSA) is 75.6 Å². The van der Waals surface area contributed by atoms with Crippen molar-refractivity contribution in [2.24, 2.45) is 5.92 Å². The third-order valence-electron chi connectivity index (χ3n) is 5.52. The number of hydrogen-bond donors (Lipinski definition) is 2. The first-order valence-corrected chi connectivity index (χ1v) is 10.4. The van der Waals surface area contributed by atoms with Crippen LogP contribution in [0, 0.1) is 5.92 Å². The second-order valence-electron chi connectivity index (χ2n) is 7.65. The number of ether oxygens (including phenoxy) is 1. The van der Waals surface area contributed by atoms with Crippen LogP contribution in [0.4, 0.5) is 0 Å². The SMILES string of the molecule is O=C(N[C@H](C(=O)OCc1ccccc1)[C@@H](O)C1CCCCCC1)c1ccccc1. The van der Waals surface area contributed by atoms with Crippen LogP contribution < -0.4 is 5.32 Å². The molecule has 2 N–H and O–H groups in total. The van der Waals surface area contributed by atoms with Crippen molar-refractivity contribution in [1.29, 1.82) is 0 Å². The molecule has 0 radical (unpaired) electrons. The van der Waals surface area contributed by atoms with Crippen LogP contribution in [0.2, 0.25) is 0 Å². The largest absolute Gasteiger partial charge is 0.459 e. The van der Waals surface area contributed by atoms with Gasteiger partial charge < -0.3 is 15.2 Å². The maximum Gasteiger partial charge on any atom is 0.331 e. The van der Waals surface area contributed by atoms with E-state index in [4.69, 9.17) is 4.74 Å². The second kappa shape index (κ2) is 10.8. The van der Waals surface area contributed by atoms with E-state index < -0.39 is 18.1 Å². The van der Waals surface area contributed by atoms with E-state index in [1.54, 1.807) is 24.3 Å². The van der Waals surface area contributed by atoms with Gasteiger partial charge in [0.25, 0.3) is 5.91 Å². The van der Waals surface area contributed by atoms with Gasteiger partial charge in [0.05, 0.1) is 6.10 Å². The van der Waals surface area contributed by atoms with E-state index in [9.17, 15) is 14.7 Å². The van der Waals surface area contributed by atoms with E-state index in [0.29, 0.717) is 5.56 Å². The maximum absolute atomic E-state index is 12.9. The molecule has 3 rings (SSSR count). The highest BCUT2D eigenvalue weighted by Crippen LogP contribution is 2.27. The molecule has 0 unspecified atom stereocenters. The van der Waals surface area contributed by atoms with Crippen molar-refractivity contribution in [2.75, 3.05) is 0 Å². The molecule has 5 nitrogen and oxygen atoms in total. The summed E-state index contributed by atoms with van der Waals surface area (Å²) in [6.45, 7) is 0.106. The van der Waals surface area contributed by atoms with Gasteiger partial charge in [-0.25, -0.2) is 4.79 Å². The number of carbonyl (C=O) groups is 2. The number of carbonyl (C=O) groups excluding carboxylic acids is 2. The molecule has 0 aliphatic heterocycles. The molecule has 1 aliphatic rings. The molecule has 154 valence electrons. The quantitative estimate of drug-likeness (QED) is 0.551. The third-order valence-corrected chi connectivity index (χ3v) is 5.52. The minimum Gasteiger partial charge on any atom is -0.459 e. The molecule has 1 aliphatic carbocycles. The normalized spacial score (nSPS) is 17.0. The number of aliphatic hydroxyl groups is 1. The van der Waals surface area contributed by atoms with Crippen molar-refractivity contribution in [3.8, 4) is 0 Å². The van der Waals surface area contributed by atoms with Gasteiger partial charge in [0.2, 0.25) is 0 Å². The maximum atomic E-state index is 12.9. The summed E-state index contributed by atoms with van der Waals surface area (Å²) in [6, 6.07) is 17.0.